The highest BCUT2D eigenvalue weighted by Gasteiger charge is 2.09. The largest absolute Gasteiger partial charge is 1.00 e. The van der Waals surface area contributed by atoms with E-state index in [1.807, 2.05) is 0 Å². The first kappa shape index (κ1) is 24.1. The van der Waals surface area contributed by atoms with Gasteiger partial charge in [-0.3, -0.25) is 9.53 Å². The highest BCUT2D eigenvalue weighted by Crippen LogP contribution is 1.97. The number of hydrogen-bond donors (Lipinski definition) is 3. The van der Waals surface area contributed by atoms with Gasteiger partial charge in [0.25, 0.3) is 13.5 Å². The van der Waals surface area contributed by atoms with Gasteiger partial charge in [-0.1, -0.05) is 10.3 Å². The normalized spacial score (nSPS) is 10.5. The molecule has 0 aliphatic rings. The van der Waals surface area contributed by atoms with Crippen LogP contribution in [0.2, 0.25) is 0 Å². The Morgan fingerprint density at radius 3 is 2.00 bits per heavy atom. The van der Waals surface area contributed by atoms with Crippen molar-refractivity contribution in [1.82, 2.24) is 0 Å². The average Bonchev–Trinajstić information content (AvgIpc) is 2.56. The molecule has 1 amide bonds. The molecule has 26 heavy (non-hydrogen) atoms. The van der Waals surface area contributed by atoms with Crippen LogP contribution in [0.3, 0.4) is 0 Å². The summed E-state index contributed by atoms with van der Waals surface area (Å²) in [5, 5.41) is 23.2. The number of carbonyl (C=O) groups excluding carboxylic acids is 1. The molecule has 2 aromatic rings. The topological polar surface area (TPSA) is 125 Å². The summed E-state index contributed by atoms with van der Waals surface area (Å²) < 4.78 is 9.01. The minimum absolute atomic E-state index is 0. The lowest BCUT2D eigenvalue weighted by atomic mass is 10.2. The van der Waals surface area contributed by atoms with Gasteiger partial charge in [0.05, 0.1) is 29.1 Å². The van der Waals surface area contributed by atoms with Crippen molar-refractivity contribution in [1.29, 1.82) is 0 Å². The molecule has 9 nitrogen and oxygen atoms in total. The van der Waals surface area contributed by atoms with E-state index in [-0.39, 0.29) is 61.4 Å². The van der Waals surface area contributed by atoms with Gasteiger partial charge in [-0.2, -0.15) is 9.13 Å². The number of aromatic nitrogens is 2. The van der Waals surface area contributed by atoms with Crippen LogP contribution in [0.1, 0.15) is 21.5 Å². The molecule has 2 rings (SSSR count). The van der Waals surface area contributed by atoms with Crippen LogP contribution in [0.15, 0.2) is 53.3 Å². The van der Waals surface area contributed by atoms with E-state index in [4.69, 9.17) is 20.9 Å². The second kappa shape index (κ2) is 12.5. The standard InChI is InChI=1S/C15H15N5O4.2HI/c16-15(21)14-1-3-19(4-2-14)10-24-11-20-8-12(6-17-22)5-13(9-20)7-18-23;;/h1-9H,10-11H2,(H2-2,16,21,22,23);2*1H/b17-6+,18-7+;;. The zero-order valence-electron chi connectivity index (χ0n) is 13.4. The number of nitrogens with two attached hydrogens (primary N) is 1. The fourth-order valence-electron chi connectivity index (χ4n) is 2.00. The van der Waals surface area contributed by atoms with Gasteiger partial charge in [-0.15, -0.1) is 0 Å². The first-order chi connectivity index (χ1) is 11.6. The Balaban J connectivity index is 0.00000312. The number of ether oxygens (including phenoxy) is 1. The Kier molecular flexibility index (Phi) is 11.6. The third kappa shape index (κ3) is 7.57. The quantitative estimate of drug-likeness (QED) is 0.0984. The summed E-state index contributed by atoms with van der Waals surface area (Å²) >= 11 is 0. The fourth-order valence-corrected chi connectivity index (χ4v) is 2.00. The summed E-state index contributed by atoms with van der Waals surface area (Å²) in [6, 6.07) is 4.88. The summed E-state index contributed by atoms with van der Waals surface area (Å²) in [4.78, 5) is 11.0. The highest BCUT2D eigenvalue weighted by molar-refractivity contribution is 5.92. The summed E-state index contributed by atoms with van der Waals surface area (Å²) in [6.45, 7) is 0.470. The van der Waals surface area contributed by atoms with Crippen LogP contribution in [0, 0.1) is 0 Å². The zero-order valence-corrected chi connectivity index (χ0v) is 17.8. The molecule has 0 aromatic carbocycles. The second-order valence-corrected chi connectivity index (χ2v) is 4.83. The average molecular weight is 585 g/mol. The maximum atomic E-state index is 11.0. The maximum Gasteiger partial charge on any atom is 0.257 e. The van der Waals surface area contributed by atoms with E-state index in [2.05, 4.69) is 10.3 Å². The molecule has 0 bridgehead atoms. The molecule has 0 spiro atoms. The number of amides is 1. The SMILES string of the molecule is NC(=O)c1cc[n+](COC[n+]2cc(/C=N/O)cc(/C=N/O)c2)cc1.[I-].[I-]. The van der Waals surface area contributed by atoms with Crippen molar-refractivity contribution in [2.45, 2.75) is 13.5 Å². The van der Waals surface area contributed by atoms with Crippen molar-refractivity contribution in [2.24, 2.45) is 16.0 Å². The summed E-state index contributed by atoms with van der Waals surface area (Å²) in [6.07, 6.45) is 9.28. The van der Waals surface area contributed by atoms with E-state index < -0.39 is 5.91 Å². The van der Waals surface area contributed by atoms with Crippen molar-refractivity contribution in [3.8, 4) is 0 Å². The molecule has 2 heterocycles. The lowest BCUT2D eigenvalue weighted by Crippen LogP contribution is -3.00. The molecule has 0 saturated heterocycles. The molecule has 0 radical (unpaired) electrons. The Bertz CT molecular complexity index is 739. The van der Waals surface area contributed by atoms with E-state index in [1.165, 1.54) is 12.4 Å². The van der Waals surface area contributed by atoms with Crippen LogP contribution in [-0.4, -0.2) is 28.8 Å². The van der Waals surface area contributed by atoms with Gasteiger partial charge in [-0.25, -0.2) is 0 Å². The minimum atomic E-state index is -0.487. The molecule has 0 unspecified atom stereocenters. The fraction of sp³-hybridized carbons (Fsp3) is 0.133. The second-order valence-electron chi connectivity index (χ2n) is 4.83. The number of nitrogens with zero attached hydrogens (tertiary/aromatic N) is 4. The van der Waals surface area contributed by atoms with Crippen LogP contribution < -0.4 is 62.8 Å². The van der Waals surface area contributed by atoms with Crippen LogP contribution in [0.25, 0.3) is 0 Å². The van der Waals surface area contributed by atoms with E-state index in [0.717, 1.165) is 0 Å². The first-order valence-corrected chi connectivity index (χ1v) is 6.88. The number of halogens is 2. The van der Waals surface area contributed by atoms with Crippen LogP contribution >= 0.6 is 0 Å². The summed E-state index contributed by atoms with van der Waals surface area (Å²) in [5.74, 6) is -0.487. The van der Waals surface area contributed by atoms with Crippen LogP contribution in [0.4, 0.5) is 0 Å². The predicted octanol–water partition coefficient (Wildman–Crippen LogP) is -6.38. The van der Waals surface area contributed by atoms with Crippen molar-refractivity contribution < 1.29 is 77.0 Å². The maximum absolute atomic E-state index is 11.0. The number of rotatable bonds is 7. The van der Waals surface area contributed by atoms with Crippen molar-refractivity contribution in [2.75, 3.05) is 0 Å². The van der Waals surface area contributed by atoms with E-state index >= 15 is 0 Å². The molecule has 0 aliphatic heterocycles. The van der Waals surface area contributed by atoms with Gasteiger partial charge in [0.1, 0.15) is 0 Å². The van der Waals surface area contributed by atoms with Gasteiger partial charge in [0.15, 0.2) is 24.8 Å². The number of carbonyl (C=O) groups is 1. The molecular formula is C15H17I2N5O4. The smallest absolute Gasteiger partial charge is 0.257 e. The first-order valence-electron chi connectivity index (χ1n) is 6.88. The number of hydrogen-bond acceptors (Lipinski definition) is 6. The number of oxime groups is 2. The van der Waals surface area contributed by atoms with Gasteiger partial charge < -0.3 is 64.1 Å². The summed E-state index contributed by atoms with van der Waals surface area (Å²) in [5.41, 5.74) is 6.82. The lowest BCUT2D eigenvalue weighted by molar-refractivity contribution is -0.788. The molecule has 0 saturated carbocycles. The Morgan fingerprint density at radius 2 is 1.54 bits per heavy atom. The van der Waals surface area contributed by atoms with Crippen LogP contribution in [-0.2, 0) is 18.2 Å². The zero-order chi connectivity index (χ0) is 17.4. The Labute approximate surface area is 183 Å². The molecule has 0 atom stereocenters. The van der Waals surface area contributed by atoms with E-state index in [9.17, 15) is 4.79 Å². The molecule has 0 aliphatic carbocycles. The molecule has 0 fully saturated rings. The lowest BCUT2D eigenvalue weighted by Gasteiger charge is -2.01. The number of pyridine rings is 2. The third-order valence-electron chi connectivity index (χ3n) is 3.03. The molecule has 11 heteroatoms. The van der Waals surface area contributed by atoms with Crippen LogP contribution in [0.5, 0.6) is 0 Å². The third-order valence-corrected chi connectivity index (χ3v) is 3.03. The van der Waals surface area contributed by atoms with E-state index in [1.54, 1.807) is 52.1 Å². The summed E-state index contributed by atoms with van der Waals surface area (Å²) in [7, 11) is 0. The molecule has 2 aromatic heterocycles. The van der Waals surface area contributed by atoms with Gasteiger partial charge in [0, 0.05) is 12.1 Å². The minimum Gasteiger partial charge on any atom is -1.00 e. The monoisotopic (exact) mass is 585 g/mol. The predicted molar refractivity (Wildman–Crippen MR) is 81.6 cm³/mol. The van der Waals surface area contributed by atoms with Gasteiger partial charge >= 0.3 is 0 Å². The van der Waals surface area contributed by atoms with Crippen molar-refractivity contribution >= 4 is 18.3 Å². The molecule has 140 valence electrons. The van der Waals surface area contributed by atoms with Crippen molar-refractivity contribution in [3.63, 3.8) is 0 Å². The highest BCUT2D eigenvalue weighted by atomic mass is 127. The van der Waals surface area contributed by atoms with Crippen molar-refractivity contribution in [3.05, 3.63) is 59.7 Å². The van der Waals surface area contributed by atoms with Gasteiger partial charge in [-0.05, 0) is 6.07 Å². The van der Waals surface area contributed by atoms with Gasteiger partial charge in [0.2, 0.25) is 5.91 Å². The number of primary amides is 1. The molecule has 4 N–H and O–H groups in total. The Hall–Kier alpha value is -1.87. The molecular weight excluding hydrogens is 568 g/mol. The Morgan fingerprint density at radius 1 is 1.04 bits per heavy atom. The van der Waals surface area contributed by atoms with E-state index in [0.29, 0.717) is 16.7 Å².